The lowest BCUT2D eigenvalue weighted by Gasteiger charge is -2.17. The molecule has 88 valence electrons. The Balaban J connectivity index is 2.55. The molecule has 0 bridgehead atoms. The van der Waals surface area contributed by atoms with E-state index >= 15 is 0 Å². The van der Waals surface area contributed by atoms with E-state index in [-0.39, 0.29) is 5.78 Å². The Labute approximate surface area is 111 Å². The number of hydrogen-bond acceptors (Lipinski definition) is 2. The molecule has 0 aromatic heterocycles. The van der Waals surface area contributed by atoms with Gasteiger partial charge in [0.15, 0.2) is 5.78 Å². The molecule has 0 spiro atoms. The van der Waals surface area contributed by atoms with Crippen LogP contribution in [0.25, 0.3) is 0 Å². The number of nitrogens with zero attached hydrogens (tertiary/aromatic N) is 1. The average Bonchev–Trinajstić information content (AvgIpc) is 2.16. The molecule has 0 aliphatic carbocycles. The zero-order chi connectivity index (χ0) is 12.1. The summed E-state index contributed by atoms with van der Waals surface area (Å²) < 4.78 is 1.16. The Hall–Kier alpha value is -0.420. The molecule has 2 nitrogen and oxygen atoms in total. The molecule has 0 N–H and O–H groups in total. The van der Waals surface area contributed by atoms with Gasteiger partial charge in [0.05, 0.1) is 6.54 Å². The lowest BCUT2D eigenvalue weighted by molar-refractivity contribution is 0.0940. The van der Waals surface area contributed by atoms with Gasteiger partial charge in [0, 0.05) is 15.7 Å². The number of likely N-dealkylation sites (N-methyl/N-ethyl adjacent to an activating group) is 1. The number of carbonyl (C=O) groups excluding carboxylic acids is 1. The van der Waals surface area contributed by atoms with Crippen molar-refractivity contribution in [3.8, 4) is 0 Å². The van der Waals surface area contributed by atoms with Crippen LogP contribution < -0.4 is 0 Å². The smallest absolute Gasteiger partial charge is 0.176 e. The average molecular weight is 331 g/mol. The standard InChI is InChI=1S/C13H18INO/c1-10(2)8-15(3)9-13(16)11-4-6-12(14)7-5-11/h4-7,10H,8-9H2,1-3H3. The van der Waals surface area contributed by atoms with Gasteiger partial charge in [-0.2, -0.15) is 0 Å². The fraction of sp³-hybridized carbons (Fsp3) is 0.462. The van der Waals surface area contributed by atoms with Crippen molar-refractivity contribution < 1.29 is 4.79 Å². The van der Waals surface area contributed by atoms with Crippen LogP contribution in [0.15, 0.2) is 24.3 Å². The number of benzene rings is 1. The van der Waals surface area contributed by atoms with Gasteiger partial charge >= 0.3 is 0 Å². The van der Waals surface area contributed by atoms with E-state index < -0.39 is 0 Å². The molecule has 0 radical (unpaired) electrons. The van der Waals surface area contributed by atoms with Gasteiger partial charge in [-0.05, 0) is 47.7 Å². The van der Waals surface area contributed by atoms with Crippen LogP contribution in [0.5, 0.6) is 0 Å². The highest BCUT2D eigenvalue weighted by atomic mass is 127. The molecule has 0 aliphatic heterocycles. The molecule has 0 atom stereocenters. The van der Waals surface area contributed by atoms with Crippen molar-refractivity contribution in [3.05, 3.63) is 33.4 Å². The highest BCUT2D eigenvalue weighted by Crippen LogP contribution is 2.08. The number of ketones is 1. The Kier molecular flexibility index (Phi) is 5.41. The number of hydrogen-bond donors (Lipinski definition) is 0. The van der Waals surface area contributed by atoms with Crippen LogP contribution in [-0.2, 0) is 0 Å². The zero-order valence-corrected chi connectivity index (χ0v) is 12.2. The van der Waals surface area contributed by atoms with E-state index in [4.69, 9.17) is 0 Å². The third kappa shape index (κ3) is 4.61. The highest BCUT2D eigenvalue weighted by molar-refractivity contribution is 14.1. The van der Waals surface area contributed by atoms with E-state index in [1.165, 1.54) is 0 Å². The van der Waals surface area contributed by atoms with Crippen LogP contribution in [0.3, 0.4) is 0 Å². The molecule has 0 unspecified atom stereocenters. The quantitative estimate of drug-likeness (QED) is 0.611. The van der Waals surface area contributed by atoms with Gasteiger partial charge in [0.25, 0.3) is 0 Å². The predicted molar refractivity (Wildman–Crippen MR) is 75.8 cm³/mol. The van der Waals surface area contributed by atoms with Crippen molar-refractivity contribution >= 4 is 28.4 Å². The van der Waals surface area contributed by atoms with Crippen LogP contribution in [-0.4, -0.2) is 30.8 Å². The van der Waals surface area contributed by atoms with E-state index in [2.05, 4.69) is 41.3 Å². The lowest BCUT2D eigenvalue weighted by atomic mass is 10.1. The van der Waals surface area contributed by atoms with Gasteiger partial charge in [0.1, 0.15) is 0 Å². The van der Waals surface area contributed by atoms with Crippen molar-refractivity contribution in [2.24, 2.45) is 5.92 Å². The second-order valence-electron chi connectivity index (χ2n) is 4.52. The summed E-state index contributed by atoms with van der Waals surface area (Å²) in [4.78, 5) is 14.0. The molecular weight excluding hydrogens is 313 g/mol. The van der Waals surface area contributed by atoms with Gasteiger partial charge in [-0.3, -0.25) is 9.69 Å². The predicted octanol–water partition coefficient (Wildman–Crippen LogP) is 3.06. The normalized spacial score (nSPS) is 11.1. The largest absolute Gasteiger partial charge is 0.299 e. The Morgan fingerprint density at radius 1 is 1.31 bits per heavy atom. The monoisotopic (exact) mass is 331 g/mol. The first-order valence-corrected chi connectivity index (χ1v) is 6.54. The van der Waals surface area contributed by atoms with Crippen LogP contribution in [0, 0.1) is 9.49 Å². The third-order valence-electron chi connectivity index (χ3n) is 2.26. The van der Waals surface area contributed by atoms with Crippen LogP contribution in [0.4, 0.5) is 0 Å². The van der Waals surface area contributed by atoms with Crippen LogP contribution >= 0.6 is 22.6 Å². The minimum atomic E-state index is 0.194. The first-order valence-electron chi connectivity index (χ1n) is 5.46. The Morgan fingerprint density at radius 2 is 1.88 bits per heavy atom. The highest BCUT2D eigenvalue weighted by Gasteiger charge is 2.09. The molecule has 16 heavy (non-hydrogen) atoms. The second-order valence-corrected chi connectivity index (χ2v) is 5.77. The summed E-state index contributed by atoms with van der Waals surface area (Å²) in [6.45, 7) is 5.77. The molecule has 0 saturated heterocycles. The maximum Gasteiger partial charge on any atom is 0.176 e. The molecular formula is C13H18INO. The summed E-state index contributed by atoms with van der Waals surface area (Å²) in [5.41, 5.74) is 0.802. The van der Waals surface area contributed by atoms with Gasteiger partial charge in [-0.25, -0.2) is 0 Å². The maximum absolute atomic E-state index is 11.9. The molecule has 1 aromatic carbocycles. The van der Waals surface area contributed by atoms with E-state index in [0.717, 1.165) is 15.7 Å². The van der Waals surface area contributed by atoms with E-state index in [1.807, 2.05) is 31.3 Å². The number of carbonyl (C=O) groups is 1. The lowest BCUT2D eigenvalue weighted by Crippen LogP contribution is -2.29. The zero-order valence-electron chi connectivity index (χ0n) is 10.0. The minimum Gasteiger partial charge on any atom is -0.299 e. The summed E-state index contributed by atoms with van der Waals surface area (Å²) in [6, 6.07) is 7.73. The molecule has 3 heteroatoms. The SMILES string of the molecule is CC(C)CN(C)CC(=O)c1ccc(I)cc1. The fourth-order valence-corrected chi connectivity index (χ4v) is 2.02. The van der Waals surface area contributed by atoms with Crippen molar-refractivity contribution in [1.82, 2.24) is 4.90 Å². The summed E-state index contributed by atoms with van der Waals surface area (Å²) in [6.07, 6.45) is 0. The summed E-state index contributed by atoms with van der Waals surface area (Å²) >= 11 is 2.24. The summed E-state index contributed by atoms with van der Waals surface area (Å²) in [5, 5.41) is 0. The van der Waals surface area contributed by atoms with Crippen molar-refractivity contribution in [3.63, 3.8) is 0 Å². The van der Waals surface area contributed by atoms with E-state index in [0.29, 0.717) is 12.5 Å². The number of halogens is 1. The molecule has 0 amide bonds. The van der Waals surface area contributed by atoms with Crippen molar-refractivity contribution in [2.75, 3.05) is 20.1 Å². The molecule has 0 fully saturated rings. The van der Waals surface area contributed by atoms with Crippen LogP contribution in [0.1, 0.15) is 24.2 Å². The molecule has 0 heterocycles. The molecule has 0 saturated carbocycles. The van der Waals surface area contributed by atoms with Crippen molar-refractivity contribution in [2.45, 2.75) is 13.8 Å². The van der Waals surface area contributed by atoms with Gasteiger partial charge in [-0.15, -0.1) is 0 Å². The minimum absolute atomic E-state index is 0.194. The second kappa shape index (κ2) is 6.35. The fourth-order valence-electron chi connectivity index (χ4n) is 1.66. The number of rotatable bonds is 5. The van der Waals surface area contributed by atoms with Crippen LogP contribution in [0.2, 0.25) is 0 Å². The third-order valence-corrected chi connectivity index (χ3v) is 2.98. The van der Waals surface area contributed by atoms with Crippen molar-refractivity contribution in [1.29, 1.82) is 0 Å². The topological polar surface area (TPSA) is 20.3 Å². The Morgan fingerprint density at radius 3 is 2.38 bits per heavy atom. The first kappa shape index (κ1) is 13.6. The van der Waals surface area contributed by atoms with Gasteiger partial charge < -0.3 is 0 Å². The molecule has 1 rings (SSSR count). The van der Waals surface area contributed by atoms with Gasteiger partial charge in [0.2, 0.25) is 0 Å². The maximum atomic E-state index is 11.9. The van der Waals surface area contributed by atoms with E-state index in [1.54, 1.807) is 0 Å². The molecule has 0 aliphatic rings. The molecule has 1 aromatic rings. The summed E-state index contributed by atoms with van der Waals surface area (Å²) in [7, 11) is 1.99. The summed E-state index contributed by atoms with van der Waals surface area (Å²) in [5.74, 6) is 0.786. The number of Topliss-reactive ketones (excluding diaryl/α,β-unsaturated/α-hetero) is 1. The van der Waals surface area contributed by atoms with Gasteiger partial charge in [-0.1, -0.05) is 26.0 Å². The first-order chi connectivity index (χ1) is 7.49. The Bertz CT molecular complexity index is 345. The van der Waals surface area contributed by atoms with E-state index in [9.17, 15) is 4.79 Å².